The van der Waals surface area contributed by atoms with E-state index in [1.54, 1.807) is 32.0 Å². The van der Waals surface area contributed by atoms with Gasteiger partial charge in [-0.25, -0.2) is 14.2 Å². The molecule has 0 saturated heterocycles. The average Bonchev–Trinajstić information content (AvgIpc) is 3.24. The third kappa shape index (κ3) is 6.38. The van der Waals surface area contributed by atoms with Crippen molar-refractivity contribution >= 4 is 44.2 Å². The molecule has 7 nitrogen and oxygen atoms in total. The number of thiazole rings is 1. The molecule has 0 saturated carbocycles. The molecular weight excluding hydrogens is 526 g/mol. The van der Waals surface area contributed by atoms with Crippen molar-refractivity contribution in [3.8, 4) is 16.9 Å². The number of carboxylic acid groups (broad SMARTS) is 1. The molecular formula is C26H21F4N3O4S. The number of hydrogen-bond acceptors (Lipinski definition) is 6. The van der Waals surface area contributed by atoms with E-state index in [0.29, 0.717) is 21.3 Å². The molecule has 1 amide bonds. The van der Waals surface area contributed by atoms with Crippen LogP contribution < -0.4 is 15.4 Å². The van der Waals surface area contributed by atoms with Crippen LogP contribution in [0.25, 0.3) is 21.3 Å². The van der Waals surface area contributed by atoms with E-state index in [2.05, 4.69) is 20.4 Å². The van der Waals surface area contributed by atoms with Gasteiger partial charge < -0.3 is 20.5 Å². The summed E-state index contributed by atoms with van der Waals surface area (Å²) in [5, 5.41) is 14.9. The maximum absolute atomic E-state index is 14.9. The van der Waals surface area contributed by atoms with Crippen LogP contribution in [0.4, 0.5) is 28.4 Å². The maximum atomic E-state index is 14.9. The number of nitrogens with one attached hydrogen (secondary N) is 2. The van der Waals surface area contributed by atoms with Crippen molar-refractivity contribution < 1.29 is 37.0 Å². The first-order valence-corrected chi connectivity index (χ1v) is 12.1. The first kappa shape index (κ1) is 26.9. The minimum atomic E-state index is -4.81. The van der Waals surface area contributed by atoms with Gasteiger partial charge in [-0.2, -0.15) is 0 Å². The van der Waals surface area contributed by atoms with Crippen LogP contribution in [0, 0.1) is 11.7 Å². The van der Waals surface area contributed by atoms with Gasteiger partial charge in [-0.05, 0) is 53.4 Å². The number of anilines is 2. The lowest BCUT2D eigenvalue weighted by atomic mass is 10.0. The van der Waals surface area contributed by atoms with E-state index in [1.165, 1.54) is 36.4 Å². The molecule has 4 rings (SSSR count). The third-order valence-electron chi connectivity index (χ3n) is 5.50. The van der Waals surface area contributed by atoms with E-state index < -0.39 is 30.1 Å². The van der Waals surface area contributed by atoms with Gasteiger partial charge in [0, 0.05) is 11.6 Å². The summed E-state index contributed by atoms with van der Waals surface area (Å²) in [6, 6.07) is 13.4. The molecule has 0 aliphatic carbocycles. The van der Waals surface area contributed by atoms with Crippen LogP contribution >= 0.6 is 11.3 Å². The monoisotopic (exact) mass is 547 g/mol. The molecule has 4 aromatic rings. The summed E-state index contributed by atoms with van der Waals surface area (Å²) in [6.45, 7) is 3.38. The van der Waals surface area contributed by atoms with Crippen LogP contribution in [-0.2, 0) is 4.79 Å². The highest BCUT2D eigenvalue weighted by Crippen LogP contribution is 2.34. The molecule has 1 heterocycles. The number of rotatable bonds is 8. The average molecular weight is 548 g/mol. The van der Waals surface area contributed by atoms with Crippen molar-refractivity contribution in [2.24, 2.45) is 5.92 Å². The highest BCUT2D eigenvalue weighted by molar-refractivity contribution is 7.22. The lowest BCUT2D eigenvalue weighted by molar-refractivity contribution is -0.274. The topological polar surface area (TPSA) is 101 Å². The van der Waals surface area contributed by atoms with Gasteiger partial charge in [0.2, 0.25) is 0 Å². The first-order valence-electron chi connectivity index (χ1n) is 11.3. The summed E-state index contributed by atoms with van der Waals surface area (Å²) in [7, 11) is 0. The molecule has 0 aliphatic rings. The SMILES string of the molecule is CC(C)[C@H](NC(=O)c1ccc(-c2ccc(Nc3nc4ccc(OC(F)(F)F)cc4s3)c(F)c2)cc1)C(=O)O. The number of hydrogen-bond donors (Lipinski definition) is 3. The van der Waals surface area contributed by atoms with Gasteiger partial charge in [0.05, 0.1) is 15.9 Å². The van der Waals surface area contributed by atoms with Crippen molar-refractivity contribution in [1.82, 2.24) is 10.3 Å². The normalized spacial score (nSPS) is 12.4. The second-order valence-corrected chi connectivity index (χ2v) is 9.66. The fraction of sp³-hybridized carbons (Fsp3) is 0.192. The minimum Gasteiger partial charge on any atom is -0.480 e. The predicted octanol–water partition coefficient (Wildman–Crippen LogP) is 6.58. The molecule has 0 radical (unpaired) electrons. The van der Waals surface area contributed by atoms with Gasteiger partial charge in [-0.3, -0.25) is 4.79 Å². The van der Waals surface area contributed by atoms with Crippen LogP contribution in [-0.4, -0.2) is 34.4 Å². The molecule has 0 fully saturated rings. The fourth-order valence-corrected chi connectivity index (χ4v) is 4.53. The highest BCUT2D eigenvalue weighted by Gasteiger charge is 2.31. The van der Waals surface area contributed by atoms with Crippen molar-refractivity contribution in [2.45, 2.75) is 26.3 Å². The van der Waals surface area contributed by atoms with E-state index in [9.17, 15) is 32.3 Å². The van der Waals surface area contributed by atoms with E-state index >= 15 is 0 Å². The number of carbonyl (C=O) groups excluding carboxylic acids is 1. The second-order valence-electron chi connectivity index (χ2n) is 8.63. The minimum absolute atomic E-state index is 0.115. The Morgan fingerprint density at radius 3 is 2.29 bits per heavy atom. The van der Waals surface area contributed by atoms with Crippen molar-refractivity contribution in [1.29, 1.82) is 0 Å². The third-order valence-corrected chi connectivity index (χ3v) is 6.44. The van der Waals surface area contributed by atoms with Gasteiger partial charge in [0.1, 0.15) is 17.6 Å². The van der Waals surface area contributed by atoms with Gasteiger partial charge >= 0.3 is 12.3 Å². The lowest BCUT2D eigenvalue weighted by Gasteiger charge is -2.18. The zero-order valence-electron chi connectivity index (χ0n) is 20.0. The zero-order valence-corrected chi connectivity index (χ0v) is 20.8. The van der Waals surface area contributed by atoms with Crippen LogP contribution in [0.3, 0.4) is 0 Å². The summed E-state index contributed by atoms with van der Waals surface area (Å²) in [5.74, 6) is -2.92. The Morgan fingerprint density at radius 1 is 1.00 bits per heavy atom. The number of fused-ring (bicyclic) bond motifs is 1. The number of benzene rings is 3. The summed E-state index contributed by atoms with van der Waals surface area (Å²) in [5.41, 5.74) is 1.96. The van der Waals surface area contributed by atoms with Crippen LogP contribution in [0.2, 0.25) is 0 Å². The van der Waals surface area contributed by atoms with E-state index in [1.807, 2.05) is 0 Å². The van der Waals surface area contributed by atoms with Gasteiger partial charge in [0.25, 0.3) is 5.91 Å². The second kappa shape index (κ2) is 10.7. The van der Waals surface area contributed by atoms with Gasteiger partial charge in [-0.15, -0.1) is 13.2 Å². The molecule has 1 atom stereocenters. The Morgan fingerprint density at radius 2 is 1.68 bits per heavy atom. The number of aliphatic carboxylic acids is 1. The Kier molecular flexibility index (Phi) is 7.53. The molecule has 198 valence electrons. The van der Waals surface area contributed by atoms with Crippen molar-refractivity contribution in [2.75, 3.05) is 5.32 Å². The molecule has 3 aromatic carbocycles. The van der Waals surface area contributed by atoms with Gasteiger partial charge in [0.15, 0.2) is 5.13 Å². The molecule has 0 spiro atoms. The van der Waals surface area contributed by atoms with E-state index in [0.717, 1.165) is 17.4 Å². The van der Waals surface area contributed by atoms with Crippen LogP contribution in [0.5, 0.6) is 5.75 Å². The molecule has 0 aliphatic heterocycles. The van der Waals surface area contributed by atoms with E-state index in [-0.39, 0.29) is 28.0 Å². The first-order chi connectivity index (χ1) is 17.9. The number of carboxylic acids is 1. The number of amides is 1. The standard InChI is InChI=1S/C26H21F4N3O4S/c1-13(2)22(24(35)36)33-23(34)15-5-3-14(4-6-15)16-7-9-19(18(27)11-16)31-25-32-20-10-8-17(12-21(20)38-25)37-26(28,29)30/h3-13,22H,1-2H3,(H,31,32)(H,33,34)(H,35,36)/t22-/m0/s1. The van der Waals surface area contributed by atoms with E-state index in [4.69, 9.17) is 0 Å². The predicted molar refractivity (Wildman–Crippen MR) is 135 cm³/mol. The number of ether oxygens (including phenoxy) is 1. The Bertz CT molecular complexity index is 1490. The number of alkyl halides is 3. The largest absolute Gasteiger partial charge is 0.573 e. The Labute approximate surface area is 218 Å². The molecule has 12 heteroatoms. The van der Waals surface area contributed by atoms with Gasteiger partial charge in [-0.1, -0.05) is 43.4 Å². The number of carbonyl (C=O) groups is 2. The smallest absolute Gasteiger partial charge is 0.480 e. The van der Waals surface area contributed by atoms with Crippen LogP contribution in [0.1, 0.15) is 24.2 Å². The summed E-state index contributed by atoms with van der Waals surface area (Å²) in [4.78, 5) is 28.0. The highest BCUT2D eigenvalue weighted by atomic mass is 32.1. The summed E-state index contributed by atoms with van der Waals surface area (Å²) >= 11 is 1.04. The molecule has 0 unspecified atom stereocenters. The zero-order chi connectivity index (χ0) is 27.6. The van der Waals surface area contributed by atoms with Crippen LogP contribution in [0.15, 0.2) is 60.7 Å². The van der Waals surface area contributed by atoms with Crippen molar-refractivity contribution in [3.05, 3.63) is 72.0 Å². The lowest BCUT2D eigenvalue weighted by Crippen LogP contribution is -2.44. The number of nitrogens with zero attached hydrogens (tertiary/aromatic N) is 1. The molecule has 38 heavy (non-hydrogen) atoms. The fourth-order valence-electron chi connectivity index (χ4n) is 3.62. The molecule has 1 aromatic heterocycles. The maximum Gasteiger partial charge on any atom is 0.573 e. The number of halogens is 4. The number of aromatic nitrogens is 1. The Hall–Kier alpha value is -4.19. The van der Waals surface area contributed by atoms with Crippen molar-refractivity contribution in [3.63, 3.8) is 0 Å². The summed E-state index contributed by atoms with van der Waals surface area (Å²) in [6.07, 6.45) is -4.81. The summed E-state index contributed by atoms with van der Waals surface area (Å²) < 4.78 is 56.6. The molecule has 3 N–H and O–H groups in total. The Balaban J connectivity index is 1.47. The molecule has 0 bridgehead atoms. The quantitative estimate of drug-likeness (QED) is 0.215.